The zero-order valence-electron chi connectivity index (χ0n) is 77.4. The predicted octanol–water partition coefficient (Wildman–Crippen LogP) is 21.5. The van der Waals surface area contributed by atoms with Gasteiger partial charge in [-0.3, -0.25) is 43.2 Å². The largest absolute Gasteiger partial charge is 0.497 e. The van der Waals surface area contributed by atoms with Gasteiger partial charge in [-0.1, -0.05) is 142 Å². The smallest absolute Gasteiger partial charge is 0.224 e. The number of hydrogen-bond acceptors (Lipinski definition) is 13. The highest BCUT2D eigenvalue weighted by Crippen LogP contribution is 2.46. The molecule has 0 saturated heterocycles. The van der Waals surface area contributed by atoms with Gasteiger partial charge in [0.25, 0.3) is 0 Å². The van der Waals surface area contributed by atoms with Crippen LogP contribution in [0.2, 0.25) is 0 Å². The second kappa shape index (κ2) is 43.4. The maximum Gasteiger partial charge on any atom is 0.224 e. The number of anilines is 8. The van der Waals surface area contributed by atoms with Gasteiger partial charge < -0.3 is 66.9 Å². The third-order valence-electron chi connectivity index (χ3n) is 23.8. The van der Waals surface area contributed by atoms with Crippen LogP contribution in [0.3, 0.4) is 0 Å². The van der Waals surface area contributed by atoms with E-state index in [0.717, 1.165) is 165 Å². The van der Waals surface area contributed by atoms with Crippen molar-refractivity contribution in [2.45, 2.75) is 177 Å². The Kier molecular flexibility index (Phi) is 31.6. The Balaban J connectivity index is 0.000000159. The zero-order valence-corrected chi connectivity index (χ0v) is 77.4. The Hall–Kier alpha value is -15.0. The fourth-order valence-electron chi connectivity index (χ4n) is 18.0. The minimum atomic E-state index is -0.295. The summed E-state index contributed by atoms with van der Waals surface area (Å²) in [4.78, 5) is 116. The maximum absolute atomic E-state index is 13.4. The molecule has 23 heteroatoms. The van der Waals surface area contributed by atoms with Gasteiger partial charge in [0.2, 0.25) is 53.2 Å². The lowest BCUT2D eigenvalue weighted by atomic mass is 9.88. The average molecular weight is 1770 g/mol. The lowest BCUT2D eigenvalue weighted by Crippen LogP contribution is -2.45. The number of hydrogen-bond donors (Lipinski definition) is 8. The van der Waals surface area contributed by atoms with Crippen molar-refractivity contribution in [3.8, 4) is 50.3 Å². The van der Waals surface area contributed by atoms with Gasteiger partial charge in [-0.05, 0) is 277 Å². The van der Waals surface area contributed by atoms with Gasteiger partial charge in [0.1, 0.15) is 11.6 Å². The van der Waals surface area contributed by atoms with Crippen LogP contribution in [0.15, 0.2) is 274 Å². The molecule has 0 saturated carbocycles. The number of nitrogens with zero attached hydrogens (tertiary/aromatic N) is 4. The molecule has 0 fully saturated rings. The van der Waals surface area contributed by atoms with Gasteiger partial charge >= 0.3 is 0 Å². The summed E-state index contributed by atoms with van der Waals surface area (Å²) in [5, 5.41) is 25.2. The van der Waals surface area contributed by atoms with E-state index in [1.807, 2.05) is 235 Å². The van der Waals surface area contributed by atoms with Crippen molar-refractivity contribution in [1.29, 1.82) is 0 Å². The van der Waals surface area contributed by atoms with Crippen molar-refractivity contribution < 1.29 is 52.3 Å². The van der Waals surface area contributed by atoms with E-state index in [-0.39, 0.29) is 107 Å². The standard InChI is InChI=1S/C29H31N3O3.C28H28FN3O2.C28H29N3O3.C24H29N3O2/c1-18-15-28(30-19(2)22-9-12-26(35-5)13-10-22)27-17-24(11-14-29(27)32(18)21(4)34)23-7-6-8-25(16-23)31-20(3)33;1-17-14-27(30-18(2)21-8-11-24(29)12-9-21)26-16-23(10-13-28(26)32(17)20(4)34)22-6-5-7-25(15-22)31-19(3)33;1-18-14-26(30-28(34)15-21-8-5-4-6-9-21)25-17-23(12-13-27(25)31(18)20(3)33)22-10-7-11-24(16-22)29-19(2)32;1-6-15(2)25-23-12-16(3)27(18(5)29)24-11-10-20(14-22(23)24)19-8-7-9-21(13-19)26-17(4)28/h6-14,16-18,28,30H,2,15H2,1,3-5H3,(H,31,33);5-13,15-17,27,30H,2,14H2,1,3-4H3,(H,31,33);4-13,16-18,26H,14-15H2,1-3H3,(H,29,32)(H,30,34);7-11,13-14,16,23,25H,2,6,12H2,1,3-5H3,(H,26,28)/t18-,28+;17-,27+;18-,26+;16-,23+/m0000/s1. The van der Waals surface area contributed by atoms with E-state index in [4.69, 9.17) is 4.74 Å². The van der Waals surface area contributed by atoms with Crippen LogP contribution in [0, 0.1) is 5.82 Å². The normalized spacial score (nSPS) is 17.1. The number of carbonyl (C=O) groups is 9. The number of nitrogens with one attached hydrogen (secondary N) is 8. The maximum atomic E-state index is 13.4. The molecule has 132 heavy (non-hydrogen) atoms. The zero-order chi connectivity index (χ0) is 94.9. The Morgan fingerprint density at radius 2 is 0.621 bits per heavy atom. The molecular formula is C109H117FN12O10. The molecule has 4 aliphatic rings. The molecule has 22 nitrogen and oxygen atoms in total. The number of methoxy groups -OCH3 is 1. The summed E-state index contributed by atoms with van der Waals surface area (Å²) in [6.07, 6.45) is 4.05. The number of fused-ring (bicyclic) bond motifs is 4. The highest BCUT2D eigenvalue weighted by atomic mass is 19.1. The van der Waals surface area contributed by atoms with Crippen LogP contribution in [0.25, 0.3) is 55.9 Å². The minimum Gasteiger partial charge on any atom is -0.497 e. The summed E-state index contributed by atoms with van der Waals surface area (Å²) in [5.41, 5.74) is 23.6. The van der Waals surface area contributed by atoms with Crippen molar-refractivity contribution in [2.75, 3.05) is 48.0 Å². The topological polar surface area (TPSA) is 272 Å². The van der Waals surface area contributed by atoms with E-state index in [2.05, 4.69) is 101 Å². The van der Waals surface area contributed by atoms with Crippen LogP contribution in [0.1, 0.15) is 185 Å². The predicted molar refractivity (Wildman–Crippen MR) is 529 cm³/mol. The van der Waals surface area contributed by atoms with E-state index in [9.17, 15) is 47.5 Å². The van der Waals surface area contributed by atoms with Gasteiger partial charge in [-0.15, -0.1) is 0 Å². The molecule has 0 spiro atoms. The third-order valence-corrected chi connectivity index (χ3v) is 23.8. The van der Waals surface area contributed by atoms with Crippen molar-refractivity contribution in [3.05, 3.63) is 319 Å². The Morgan fingerprint density at radius 1 is 0.341 bits per heavy atom. The molecule has 0 unspecified atom stereocenters. The quantitative estimate of drug-likeness (QED) is 0.0333. The number of halogens is 1. The molecule has 8 atom stereocenters. The molecular weight excluding hydrogens is 1660 g/mol. The van der Waals surface area contributed by atoms with Crippen LogP contribution in [-0.4, -0.2) is 84.4 Å². The van der Waals surface area contributed by atoms with E-state index in [1.165, 1.54) is 39.8 Å². The first-order valence-corrected chi connectivity index (χ1v) is 44.5. The number of ether oxygens (including phenoxy) is 1. The number of allylic oxidation sites excluding steroid dienone is 1. The highest BCUT2D eigenvalue weighted by Gasteiger charge is 2.38. The first kappa shape index (κ1) is 96.1. The summed E-state index contributed by atoms with van der Waals surface area (Å²) in [6, 6.07) is 78.7. The summed E-state index contributed by atoms with van der Waals surface area (Å²) < 4.78 is 18.6. The lowest BCUT2D eigenvalue weighted by Gasteiger charge is -2.40. The van der Waals surface area contributed by atoms with Crippen LogP contribution in [0.4, 0.5) is 49.9 Å². The van der Waals surface area contributed by atoms with Crippen molar-refractivity contribution in [1.82, 2.24) is 21.3 Å². The minimum absolute atomic E-state index is 0.00235. The van der Waals surface area contributed by atoms with Crippen LogP contribution < -0.4 is 66.9 Å². The first-order chi connectivity index (χ1) is 63.1. The molecule has 8 N–H and O–H groups in total. The average Bonchev–Trinajstić information content (AvgIpc) is 0.781. The molecule has 11 aromatic rings. The summed E-state index contributed by atoms with van der Waals surface area (Å²) in [5.74, 6) is 0.0151. The van der Waals surface area contributed by atoms with Crippen molar-refractivity contribution >= 4 is 110 Å². The van der Waals surface area contributed by atoms with Gasteiger partial charge in [-0.2, -0.15) is 0 Å². The highest BCUT2D eigenvalue weighted by molar-refractivity contribution is 5.99. The van der Waals surface area contributed by atoms with Crippen LogP contribution in [-0.2, 0) is 49.6 Å². The molecule has 15 rings (SSSR count). The molecule has 0 bridgehead atoms. The van der Waals surface area contributed by atoms with E-state index in [1.54, 1.807) is 51.8 Å². The van der Waals surface area contributed by atoms with Gasteiger partial charge in [0, 0.05) is 142 Å². The van der Waals surface area contributed by atoms with E-state index >= 15 is 0 Å². The Bertz CT molecular complexity index is 6170. The molecule has 11 aromatic carbocycles. The van der Waals surface area contributed by atoms with Crippen LogP contribution in [0.5, 0.6) is 5.75 Å². The Morgan fingerprint density at radius 3 is 0.902 bits per heavy atom. The fourth-order valence-corrected chi connectivity index (χ4v) is 18.0. The molecule has 0 aromatic heterocycles. The second-order valence-corrected chi connectivity index (χ2v) is 34.1. The first-order valence-electron chi connectivity index (χ1n) is 44.5. The molecule has 680 valence electrons. The Labute approximate surface area is 773 Å². The van der Waals surface area contributed by atoms with Gasteiger partial charge in [-0.25, -0.2) is 4.39 Å². The number of rotatable bonds is 21. The molecule has 0 aliphatic carbocycles. The molecule has 4 aliphatic heterocycles. The van der Waals surface area contributed by atoms with Gasteiger partial charge in [0.15, 0.2) is 0 Å². The van der Waals surface area contributed by atoms with Crippen molar-refractivity contribution in [2.24, 2.45) is 0 Å². The fraction of sp³-hybridized carbons (Fsp3) is 0.257. The second-order valence-electron chi connectivity index (χ2n) is 34.1. The number of carbonyl (C=O) groups excluding carboxylic acids is 9. The van der Waals surface area contributed by atoms with Crippen molar-refractivity contribution in [3.63, 3.8) is 0 Å². The summed E-state index contributed by atoms with van der Waals surface area (Å²) in [7, 11) is 1.65. The van der Waals surface area contributed by atoms with Crippen LogP contribution >= 0.6 is 0 Å². The molecule has 9 amide bonds. The summed E-state index contributed by atoms with van der Waals surface area (Å²) >= 11 is 0. The van der Waals surface area contributed by atoms with Gasteiger partial charge in [0.05, 0.1) is 37.7 Å². The molecule has 4 heterocycles. The summed E-state index contributed by atoms with van der Waals surface area (Å²) in [6.45, 7) is 35.1. The number of benzene rings is 11. The SMILES string of the molecule is C=C(CC)N[C@@H]1C[C@H](C)N(C(C)=O)c2ccc(-c3cccc(NC(C)=O)c3)cc21.C=C(N[C@@H]1C[C@H](C)N(C(C)=O)c2ccc(-c3cccc(NC(C)=O)c3)cc21)c1ccc(F)cc1.C=C(N[C@@H]1C[C@H](C)N(C(C)=O)c2ccc(-c3cccc(NC(C)=O)c3)cc21)c1ccc(OC)cc1.CC(=O)Nc1cccc(-c2ccc3c(c2)[C@H](NC(=O)Cc2ccccc2)C[C@H](C)N3C(C)=O)c1. The van der Waals surface area contributed by atoms with E-state index in [0.29, 0.717) is 25.0 Å². The third kappa shape index (κ3) is 24.1. The van der Waals surface area contributed by atoms with E-state index < -0.39 is 0 Å². The number of amides is 9. The monoisotopic (exact) mass is 1770 g/mol. The molecule has 0 radical (unpaired) electrons. The lowest BCUT2D eigenvalue weighted by molar-refractivity contribution is -0.121.